The highest BCUT2D eigenvalue weighted by Crippen LogP contribution is 2.38. The second-order valence-corrected chi connectivity index (χ2v) is 16.9. The number of phenolic OH excluding ortho intramolecular Hbond substituents is 2. The van der Waals surface area contributed by atoms with E-state index in [9.17, 15) is 54.0 Å². The van der Waals surface area contributed by atoms with Gasteiger partial charge in [0, 0.05) is 44.5 Å². The Morgan fingerprint density at radius 2 is 1.34 bits per heavy atom. The van der Waals surface area contributed by atoms with Gasteiger partial charge >= 0.3 is 5.97 Å². The molecule has 1 aliphatic rings. The number of carboxylic acids is 1. The van der Waals surface area contributed by atoms with E-state index >= 15 is 0 Å². The zero-order chi connectivity index (χ0) is 47.3. The van der Waals surface area contributed by atoms with Gasteiger partial charge in [0.2, 0.25) is 35.4 Å². The van der Waals surface area contributed by atoms with E-state index in [-0.39, 0.29) is 46.9 Å². The average Bonchev–Trinajstić information content (AvgIpc) is 3.26. The van der Waals surface area contributed by atoms with Gasteiger partial charge in [0.25, 0.3) is 0 Å². The highest BCUT2D eigenvalue weighted by Gasteiger charge is 2.33. The fraction of sp³-hybridized carbons (Fsp3) is 0.596. The summed E-state index contributed by atoms with van der Waals surface area (Å²) in [5, 5.41) is 51.4. The van der Waals surface area contributed by atoms with Crippen LogP contribution in [0.15, 0.2) is 36.4 Å². The molecule has 0 saturated carbocycles. The van der Waals surface area contributed by atoms with Crippen LogP contribution in [0.3, 0.4) is 0 Å². The lowest BCUT2D eigenvalue weighted by Crippen LogP contribution is -2.54. The van der Waals surface area contributed by atoms with Crippen molar-refractivity contribution in [3.05, 3.63) is 47.5 Å². The highest BCUT2D eigenvalue weighted by atomic mass is 16.4. The largest absolute Gasteiger partial charge is 0.507 e. The van der Waals surface area contributed by atoms with E-state index in [0.29, 0.717) is 18.4 Å². The van der Waals surface area contributed by atoms with E-state index < -0.39 is 78.9 Å². The van der Waals surface area contributed by atoms with E-state index in [2.05, 4.69) is 28.2 Å². The van der Waals surface area contributed by atoms with Crippen molar-refractivity contribution in [2.45, 2.75) is 154 Å². The quantitative estimate of drug-likeness (QED) is 0.0693. The molecule has 2 aromatic carbocycles. The Morgan fingerprint density at radius 3 is 1.92 bits per heavy atom. The normalized spacial score (nSPS) is 17.2. The lowest BCUT2D eigenvalue weighted by Gasteiger charge is -2.30. The number of aromatic hydroxyl groups is 2. The molecule has 0 radical (unpaired) electrons. The minimum atomic E-state index is -1.46. The standard InChI is InChI=1S/C47H70N6O11/c1-6-7-8-9-10-11-12-13-14-15-16-17-18-19-41(58)52(4)34(29-54)27-40(57)49-30(2)44(60)48-28-42(59)53(5)43-33-21-23-39(56)36(26-33)35-24-32(20-22-38(35)55)25-37(47(63)64)51-45(61)31(3)50-46(43)62/h20-24,26,30-31,34,37,43,54-56H,6-19,25,27-29H2,1-5H3,(H,48,60)(H,49,57)(H,50,62)(H,51,61)(H,63,64)/t30-,31+,34+,37+,43+/m1/s1. The van der Waals surface area contributed by atoms with Crippen molar-refractivity contribution < 1.29 is 54.0 Å². The molecule has 0 spiro atoms. The number of hydrogen-bond acceptors (Lipinski definition) is 10. The zero-order valence-electron chi connectivity index (χ0n) is 38.1. The molecule has 0 aromatic heterocycles. The molecule has 64 heavy (non-hydrogen) atoms. The molecule has 5 atom stereocenters. The summed E-state index contributed by atoms with van der Waals surface area (Å²) in [6, 6.07) is 2.19. The Labute approximate surface area is 376 Å². The Hall–Kier alpha value is -5.71. The van der Waals surface area contributed by atoms with Crippen LogP contribution in [0.2, 0.25) is 0 Å². The number of rotatable bonds is 24. The summed E-state index contributed by atoms with van der Waals surface area (Å²) >= 11 is 0. The van der Waals surface area contributed by atoms with Crippen LogP contribution in [0.1, 0.15) is 134 Å². The van der Waals surface area contributed by atoms with Crippen LogP contribution in [0.25, 0.3) is 11.1 Å². The van der Waals surface area contributed by atoms with Crippen LogP contribution in [-0.2, 0) is 40.0 Å². The molecule has 1 aliphatic heterocycles. The number of carbonyl (C=O) groups excluding carboxylic acids is 6. The fourth-order valence-corrected chi connectivity index (χ4v) is 7.67. The van der Waals surface area contributed by atoms with Crippen molar-refractivity contribution in [3.63, 3.8) is 0 Å². The Kier molecular flexibility index (Phi) is 22.0. The molecular weight excluding hydrogens is 825 g/mol. The number of phenols is 2. The molecular formula is C47H70N6O11. The number of benzene rings is 2. The molecule has 8 N–H and O–H groups in total. The minimum absolute atomic E-state index is 0.0724. The summed E-state index contributed by atoms with van der Waals surface area (Å²) in [4.78, 5) is 94.0. The zero-order valence-corrected chi connectivity index (χ0v) is 38.1. The van der Waals surface area contributed by atoms with Crippen molar-refractivity contribution in [1.82, 2.24) is 31.1 Å². The fourth-order valence-electron chi connectivity index (χ4n) is 7.67. The van der Waals surface area contributed by atoms with Gasteiger partial charge in [-0.2, -0.15) is 0 Å². The summed E-state index contributed by atoms with van der Waals surface area (Å²) < 4.78 is 0. The van der Waals surface area contributed by atoms with Crippen LogP contribution in [-0.4, -0.2) is 123 Å². The Balaban J connectivity index is 1.57. The van der Waals surface area contributed by atoms with Crippen LogP contribution in [0.5, 0.6) is 11.5 Å². The maximum atomic E-state index is 13.9. The molecule has 6 amide bonds. The van der Waals surface area contributed by atoms with Gasteiger partial charge in [0.1, 0.15) is 35.7 Å². The summed E-state index contributed by atoms with van der Waals surface area (Å²) in [6.45, 7) is 3.87. The number of nitrogens with zero attached hydrogens (tertiary/aromatic N) is 2. The Bertz CT molecular complexity index is 1910. The number of carboxylic acid groups (broad SMARTS) is 1. The summed E-state index contributed by atoms with van der Waals surface area (Å²) in [5.74, 6) is -5.86. The molecule has 0 aliphatic carbocycles. The molecule has 0 unspecified atom stereocenters. The number of nitrogens with one attached hydrogen (secondary N) is 4. The van der Waals surface area contributed by atoms with Crippen molar-refractivity contribution in [2.75, 3.05) is 27.2 Å². The number of aliphatic hydroxyl groups is 1. The predicted octanol–water partition coefficient (Wildman–Crippen LogP) is 4.21. The molecule has 17 heteroatoms. The predicted molar refractivity (Wildman–Crippen MR) is 241 cm³/mol. The highest BCUT2D eigenvalue weighted by molar-refractivity contribution is 5.96. The molecule has 0 fully saturated rings. The third-order valence-electron chi connectivity index (χ3n) is 11.8. The number of aliphatic carboxylic acids is 1. The summed E-state index contributed by atoms with van der Waals surface area (Å²) in [5.41, 5.74) is 0.748. The van der Waals surface area contributed by atoms with Gasteiger partial charge in [-0.25, -0.2) is 4.79 Å². The van der Waals surface area contributed by atoms with Crippen molar-refractivity contribution in [3.8, 4) is 22.6 Å². The van der Waals surface area contributed by atoms with Gasteiger partial charge in [-0.05, 0) is 55.7 Å². The first-order valence-electron chi connectivity index (χ1n) is 22.7. The number of amides is 6. The van der Waals surface area contributed by atoms with Crippen LogP contribution < -0.4 is 21.3 Å². The number of carbonyl (C=O) groups is 7. The van der Waals surface area contributed by atoms with Crippen LogP contribution in [0, 0.1) is 0 Å². The van der Waals surface area contributed by atoms with Gasteiger partial charge < -0.3 is 51.5 Å². The molecule has 2 aromatic rings. The second kappa shape index (κ2) is 26.8. The molecule has 0 saturated heterocycles. The number of fused-ring (bicyclic) bond motifs is 5. The second-order valence-electron chi connectivity index (χ2n) is 16.9. The van der Waals surface area contributed by atoms with E-state index in [4.69, 9.17) is 0 Å². The van der Waals surface area contributed by atoms with Gasteiger partial charge in [0.15, 0.2) is 0 Å². The average molecular weight is 895 g/mol. The van der Waals surface area contributed by atoms with Gasteiger partial charge in [-0.15, -0.1) is 0 Å². The lowest BCUT2D eigenvalue weighted by molar-refractivity contribution is -0.143. The first-order chi connectivity index (χ1) is 30.5. The molecule has 17 nitrogen and oxygen atoms in total. The van der Waals surface area contributed by atoms with E-state index in [1.165, 1.54) is 127 Å². The van der Waals surface area contributed by atoms with Crippen molar-refractivity contribution in [1.29, 1.82) is 0 Å². The maximum absolute atomic E-state index is 13.9. The number of likely N-dealkylation sites (N-methyl/N-ethyl adjacent to an activating group) is 2. The lowest BCUT2D eigenvalue weighted by atomic mass is 9.94. The number of aliphatic hydroxyl groups excluding tert-OH is 1. The SMILES string of the molecule is CCCCCCCCCCCCCCCC(=O)N(C)[C@H](CO)CC(=O)N[C@H](C)C(=O)NCC(=O)N(C)[C@@H]1C(=O)N[C@@H](C)C(=O)N[C@H](C(=O)O)Cc2ccc(O)c(c2)-c2cc1ccc2O. The monoisotopic (exact) mass is 895 g/mol. The molecule has 1 heterocycles. The molecule has 354 valence electrons. The number of hydrogen-bond donors (Lipinski definition) is 8. The number of unbranched alkanes of at least 4 members (excludes halogenated alkanes) is 12. The van der Waals surface area contributed by atoms with Crippen molar-refractivity contribution in [2.24, 2.45) is 0 Å². The van der Waals surface area contributed by atoms with Gasteiger partial charge in [-0.3, -0.25) is 28.8 Å². The van der Waals surface area contributed by atoms with E-state index in [1.54, 1.807) is 0 Å². The molecule has 3 rings (SSSR count). The minimum Gasteiger partial charge on any atom is -0.507 e. The summed E-state index contributed by atoms with van der Waals surface area (Å²) in [6.07, 6.45) is 15.2. The maximum Gasteiger partial charge on any atom is 0.326 e. The van der Waals surface area contributed by atoms with Crippen LogP contribution in [0.4, 0.5) is 0 Å². The third kappa shape index (κ3) is 16.4. The van der Waals surface area contributed by atoms with E-state index in [1.807, 2.05) is 0 Å². The smallest absolute Gasteiger partial charge is 0.326 e. The first-order valence-corrected chi connectivity index (χ1v) is 22.7. The van der Waals surface area contributed by atoms with Crippen LogP contribution >= 0.6 is 0 Å². The van der Waals surface area contributed by atoms with Gasteiger partial charge in [-0.1, -0.05) is 96.1 Å². The summed E-state index contributed by atoms with van der Waals surface area (Å²) in [7, 11) is 2.82. The van der Waals surface area contributed by atoms with Crippen molar-refractivity contribution >= 4 is 41.4 Å². The van der Waals surface area contributed by atoms with E-state index in [0.717, 1.165) is 24.2 Å². The third-order valence-corrected chi connectivity index (χ3v) is 11.8. The van der Waals surface area contributed by atoms with Gasteiger partial charge in [0.05, 0.1) is 19.2 Å². The Morgan fingerprint density at radius 1 is 0.781 bits per heavy atom. The topological polar surface area (TPSA) is 255 Å². The molecule has 4 bridgehead atoms. The first kappa shape index (κ1) is 52.6.